The van der Waals surface area contributed by atoms with Crippen molar-refractivity contribution in [3.05, 3.63) is 122 Å². The zero-order chi connectivity index (χ0) is 59.2. The molecule has 0 N–H and O–H groups in total. The van der Waals surface area contributed by atoms with Crippen LogP contribution in [0.2, 0.25) is 0 Å². The van der Waals surface area contributed by atoms with Crippen LogP contribution in [-0.4, -0.2) is 37.2 Å². The van der Waals surface area contributed by atoms with Crippen molar-refractivity contribution in [2.75, 3.05) is 13.2 Å². The Hall–Kier alpha value is -4.19. The number of carbonyl (C=O) groups excluding carboxylic acids is 3. The summed E-state index contributed by atoms with van der Waals surface area (Å²) >= 11 is 0. The van der Waals surface area contributed by atoms with Gasteiger partial charge >= 0.3 is 17.9 Å². The van der Waals surface area contributed by atoms with Crippen molar-refractivity contribution in [3.63, 3.8) is 0 Å². The minimum Gasteiger partial charge on any atom is -0.462 e. The van der Waals surface area contributed by atoms with Crippen LogP contribution in [0, 0.1) is 0 Å². The maximum Gasteiger partial charge on any atom is 0.306 e. The summed E-state index contributed by atoms with van der Waals surface area (Å²) in [5.74, 6) is -0.897. The quantitative estimate of drug-likeness (QED) is 0.0261. The van der Waals surface area contributed by atoms with Crippen LogP contribution in [0.25, 0.3) is 0 Å². The average molecular weight is 1140 g/mol. The molecule has 0 aromatic rings. The standard InChI is InChI=1S/C76H128O6/c1-4-7-10-13-16-18-20-22-24-26-28-30-32-34-36-38-40-42-44-46-48-50-52-54-56-58-60-63-66-69-75(78)81-72-73(71-80-74(77)68-65-62-15-12-9-6-3)82-76(79)70-67-64-61-59-57-55-53-51-49-47-45-43-41-39-37-35-33-31-29-27-25-23-21-19-17-14-11-8-5-2/h7,10,16,18,21-24,27-30,33-36,40,42,46,48,73H,4-6,8-9,11-15,17,19-20,25-26,31-32,37-39,41,43-45,47,49-72H2,1-3H3/b10-7-,18-16-,23-21-,24-22-,29-27-,30-28-,35-33-,36-34-,42-40-,48-46-. The summed E-state index contributed by atoms with van der Waals surface area (Å²) in [5.41, 5.74) is 0. The molecule has 0 rings (SSSR count). The molecule has 82 heavy (non-hydrogen) atoms. The number of unbranched alkanes of at least 4 members (excludes halogenated alkanes) is 31. The second-order valence-corrected chi connectivity index (χ2v) is 22.7. The average Bonchev–Trinajstić information content (AvgIpc) is 3.47. The molecule has 1 unspecified atom stereocenters. The van der Waals surface area contributed by atoms with Crippen molar-refractivity contribution in [2.24, 2.45) is 0 Å². The fraction of sp³-hybridized carbons (Fsp3) is 0.697. The summed E-state index contributed by atoms with van der Waals surface area (Å²) in [4.78, 5) is 38.1. The van der Waals surface area contributed by atoms with Gasteiger partial charge in [-0.3, -0.25) is 14.4 Å². The highest BCUT2D eigenvalue weighted by molar-refractivity contribution is 5.71. The monoisotopic (exact) mass is 1140 g/mol. The van der Waals surface area contributed by atoms with Crippen LogP contribution in [-0.2, 0) is 28.6 Å². The molecule has 1 atom stereocenters. The fourth-order valence-electron chi connectivity index (χ4n) is 9.55. The van der Waals surface area contributed by atoms with Crippen molar-refractivity contribution in [1.29, 1.82) is 0 Å². The lowest BCUT2D eigenvalue weighted by Gasteiger charge is -2.18. The Morgan fingerprint density at radius 1 is 0.256 bits per heavy atom. The SMILES string of the molecule is CC/C=C\C/C=C\C/C=C\C/C=C\C/C=C\C/C=C\C/C=C\CCCCCCCCCC(=O)OCC(COC(=O)CCCCCCCC)OC(=O)CCCCCCCCCCCCCCCC/C=C\C/C=C\C/C=C\CCCCCCC. The Morgan fingerprint density at radius 3 is 0.744 bits per heavy atom. The Bertz CT molecular complexity index is 1690. The van der Waals surface area contributed by atoms with E-state index < -0.39 is 6.10 Å². The van der Waals surface area contributed by atoms with E-state index in [1.807, 2.05) is 0 Å². The molecule has 6 heteroatoms. The Labute approximate surface area is 507 Å². The third-order valence-corrected chi connectivity index (χ3v) is 14.7. The van der Waals surface area contributed by atoms with Gasteiger partial charge in [0.2, 0.25) is 0 Å². The van der Waals surface area contributed by atoms with E-state index in [4.69, 9.17) is 14.2 Å². The zero-order valence-electron chi connectivity index (χ0n) is 53.7. The lowest BCUT2D eigenvalue weighted by atomic mass is 10.0. The number of carbonyl (C=O) groups is 3. The molecule has 0 aliphatic carbocycles. The second-order valence-electron chi connectivity index (χ2n) is 22.7. The Morgan fingerprint density at radius 2 is 0.476 bits per heavy atom. The molecule has 0 amide bonds. The molecular formula is C76H128O6. The van der Waals surface area contributed by atoms with Crippen LogP contribution in [0.1, 0.15) is 323 Å². The minimum atomic E-state index is -0.783. The number of allylic oxidation sites excluding steroid dienone is 20. The van der Waals surface area contributed by atoms with Crippen LogP contribution < -0.4 is 0 Å². The van der Waals surface area contributed by atoms with Gasteiger partial charge in [-0.2, -0.15) is 0 Å². The third-order valence-electron chi connectivity index (χ3n) is 14.7. The van der Waals surface area contributed by atoms with Crippen LogP contribution in [0.5, 0.6) is 0 Å². The van der Waals surface area contributed by atoms with Crippen molar-refractivity contribution < 1.29 is 28.6 Å². The van der Waals surface area contributed by atoms with E-state index in [1.54, 1.807) is 0 Å². The predicted octanol–water partition coefficient (Wildman–Crippen LogP) is 23.9. The summed E-state index contributed by atoms with van der Waals surface area (Å²) in [5, 5.41) is 0. The normalized spacial score (nSPS) is 12.9. The lowest BCUT2D eigenvalue weighted by molar-refractivity contribution is -0.167. The first-order valence-electron chi connectivity index (χ1n) is 34.5. The summed E-state index contributed by atoms with van der Waals surface area (Å²) in [7, 11) is 0. The van der Waals surface area contributed by atoms with E-state index in [0.717, 1.165) is 122 Å². The molecule has 0 bridgehead atoms. The maximum atomic E-state index is 12.9. The first-order chi connectivity index (χ1) is 40.5. The predicted molar refractivity (Wildman–Crippen MR) is 357 cm³/mol. The molecule has 468 valence electrons. The molecule has 0 radical (unpaired) electrons. The molecule has 0 aliphatic rings. The number of rotatable bonds is 62. The molecule has 6 nitrogen and oxygen atoms in total. The van der Waals surface area contributed by atoms with Gasteiger partial charge in [-0.25, -0.2) is 0 Å². The number of hydrogen-bond donors (Lipinski definition) is 0. The zero-order valence-corrected chi connectivity index (χ0v) is 53.7. The van der Waals surface area contributed by atoms with E-state index in [9.17, 15) is 14.4 Å². The van der Waals surface area contributed by atoms with E-state index in [0.29, 0.717) is 19.3 Å². The van der Waals surface area contributed by atoms with Crippen molar-refractivity contribution >= 4 is 17.9 Å². The molecule has 0 aromatic heterocycles. The van der Waals surface area contributed by atoms with Gasteiger partial charge in [-0.15, -0.1) is 0 Å². The molecule has 0 saturated carbocycles. The van der Waals surface area contributed by atoms with E-state index >= 15 is 0 Å². The van der Waals surface area contributed by atoms with E-state index in [-0.39, 0.29) is 31.1 Å². The van der Waals surface area contributed by atoms with E-state index in [2.05, 4.69) is 142 Å². The van der Waals surface area contributed by atoms with Crippen molar-refractivity contribution in [2.45, 2.75) is 329 Å². The smallest absolute Gasteiger partial charge is 0.306 e. The van der Waals surface area contributed by atoms with Gasteiger partial charge in [0.05, 0.1) is 0 Å². The molecule has 0 saturated heterocycles. The molecular weight excluding hydrogens is 1010 g/mol. The summed E-state index contributed by atoms with van der Waals surface area (Å²) in [6, 6.07) is 0. The summed E-state index contributed by atoms with van der Waals surface area (Å²) in [6.07, 6.45) is 96.8. The van der Waals surface area contributed by atoms with Gasteiger partial charge in [0.15, 0.2) is 6.10 Å². The van der Waals surface area contributed by atoms with Crippen molar-refractivity contribution in [3.8, 4) is 0 Å². The first-order valence-corrected chi connectivity index (χ1v) is 34.5. The molecule has 0 fully saturated rings. The fourth-order valence-corrected chi connectivity index (χ4v) is 9.55. The maximum absolute atomic E-state index is 12.9. The van der Waals surface area contributed by atoms with Crippen LogP contribution >= 0.6 is 0 Å². The summed E-state index contributed by atoms with van der Waals surface area (Å²) in [6.45, 7) is 6.46. The van der Waals surface area contributed by atoms with Gasteiger partial charge in [0, 0.05) is 19.3 Å². The highest BCUT2D eigenvalue weighted by atomic mass is 16.6. The van der Waals surface area contributed by atoms with E-state index in [1.165, 1.54) is 161 Å². The third kappa shape index (κ3) is 66.6. The van der Waals surface area contributed by atoms with Gasteiger partial charge in [0.1, 0.15) is 13.2 Å². The number of hydrogen-bond acceptors (Lipinski definition) is 6. The molecule has 0 aromatic carbocycles. The van der Waals surface area contributed by atoms with Crippen molar-refractivity contribution in [1.82, 2.24) is 0 Å². The molecule has 0 spiro atoms. The van der Waals surface area contributed by atoms with Crippen LogP contribution in [0.3, 0.4) is 0 Å². The highest BCUT2D eigenvalue weighted by Gasteiger charge is 2.19. The highest BCUT2D eigenvalue weighted by Crippen LogP contribution is 2.16. The molecule has 0 heterocycles. The lowest BCUT2D eigenvalue weighted by Crippen LogP contribution is -2.30. The molecule has 0 aliphatic heterocycles. The van der Waals surface area contributed by atoms with Crippen LogP contribution in [0.4, 0.5) is 0 Å². The van der Waals surface area contributed by atoms with Gasteiger partial charge < -0.3 is 14.2 Å². The van der Waals surface area contributed by atoms with Gasteiger partial charge in [0.25, 0.3) is 0 Å². The van der Waals surface area contributed by atoms with Gasteiger partial charge in [-0.1, -0.05) is 309 Å². The Balaban J connectivity index is 4.10. The Kier molecular flexibility index (Phi) is 65.8. The topological polar surface area (TPSA) is 78.9 Å². The number of esters is 3. The largest absolute Gasteiger partial charge is 0.462 e. The first kappa shape index (κ1) is 77.8. The van der Waals surface area contributed by atoms with Crippen LogP contribution in [0.15, 0.2) is 122 Å². The summed E-state index contributed by atoms with van der Waals surface area (Å²) < 4.78 is 16.8. The second kappa shape index (κ2) is 69.3. The minimum absolute atomic E-state index is 0.0820. The number of ether oxygens (including phenoxy) is 3. The van der Waals surface area contributed by atoms with Gasteiger partial charge in [-0.05, 0) is 116 Å².